The number of carbonyl (C=O) groups excluding carboxylic acids is 1. The lowest BCUT2D eigenvalue weighted by atomic mass is 9.94. The third kappa shape index (κ3) is 3.76. The average Bonchev–Trinajstić information content (AvgIpc) is 2.63. The van der Waals surface area contributed by atoms with Crippen LogP contribution in [0.25, 0.3) is 0 Å². The molecule has 136 valence electrons. The summed E-state index contributed by atoms with van der Waals surface area (Å²) in [6.45, 7) is 2.51. The van der Waals surface area contributed by atoms with E-state index >= 15 is 0 Å². The molecule has 6 nitrogen and oxygen atoms in total. The van der Waals surface area contributed by atoms with Gasteiger partial charge < -0.3 is 15.1 Å². The molecule has 1 atom stereocenters. The van der Waals surface area contributed by atoms with Crippen LogP contribution in [0.5, 0.6) is 5.75 Å². The van der Waals surface area contributed by atoms with Crippen molar-refractivity contribution in [3.05, 3.63) is 29.6 Å². The molecule has 1 aromatic rings. The Hall–Kier alpha value is -2.15. The predicted octanol–water partition coefficient (Wildman–Crippen LogP) is 1.93. The van der Waals surface area contributed by atoms with Crippen molar-refractivity contribution in [3.63, 3.8) is 0 Å². The molecule has 1 amide bonds. The monoisotopic (exact) mass is 350 g/mol. The first-order valence-corrected chi connectivity index (χ1v) is 8.71. The van der Waals surface area contributed by atoms with Crippen LogP contribution < -0.4 is 0 Å². The molecule has 3 rings (SSSR count). The van der Waals surface area contributed by atoms with Gasteiger partial charge in [-0.3, -0.25) is 14.5 Å². The van der Waals surface area contributed by atoms with Crippen molar-refractivity contribution in [1.82, 2.24) is 9.80 Å². The molecule has 0 aliphatic carbocycles. The van der Waals surface area contributed by atoms with E-state index in [9.17, 15) is 24.2 Å². The van der Waals surface area contributed by atoms with Gasteiger partial charge in [-0.15, -0.1) is 0 Å². The van der Waals surface area contributed by atoms with E-state index in [1.54, 1.807) is 4.90 Å². The lowest BCUT2D eigenvalue weighted by Gasteiger charge is -2.41. The summed E-state index contributed by atoms with van der Waals surface area (Å²) in [7, 11) is 0. The number of para-hydroxylation sites is 1. The number of carboxylic acid groups (broad SMARTS) is 1. The molecule has 2 N–H and O–H groups in total. The third-order valence-electron chi connectivity index (χ3n) is 5.29. The van der Waals surface area contributed by atoms with Crippen molar-refractivity contribution < 1.29 is 24.2 Å². The minimum atomic E-state index is -0.797. The average molecular weight is 350 g/mol. The number of halogens is 1. The van der Waals surface area contributed by atoms with E-state index in [0.29, 0.717) is 19.6 Å². The normalized spacial score (nSPS) is 22.8. The highest BCUT2D eigenvalue weighted by molar-refractivity contribution is 5.96. The molecular formula is C18H23FN2O4. The molecule has 1 unspecified atom stereocenters. The minimum Gasteiger partial charge on any atom is -0.504 e. The maximum Gasteiger partial charge on any atom is 0.307 e. The van der Waals surface area contributed by atoms with Crippen LogP contribution in [-0.2, 0) is 4.79 Å². The molecule has 2 saturated heterocycles. The summed E-state index contributed by atoms with van der Waals surface area (Å²) >= 11 is 0. The molecule has 2 aliphatic rings. The van der Waals surface area contributed by atoms with Crippen LogP contribution in [0, 0.1) is 11.7 Å². The third-order valence-corrected chi connectivity index (χ3v) is 5.29. The number of amides is 1. The topological polar surface area (TPSA) is 81.1 Å². The van der Waals surface area contributed by atoms with E-state index in [1.165, 1.54) is 12.1 Å². The van der Waals surface area contributed by atoms with Crippen molar-refractivity contribution in [1.29, 1.82) is 0 Å². The zero-order valence-electron chi connectivity index (χ0n) is 14.0. The Morgan fingerprint density at radius 3 is 2.52 bits per heavy atom. The Morgan fingerprint density at radius 1 is 1.12 bits per heavy atom. The quantitative estimate of drug-likeness (QED) is 0.871. The Balaban J connectivity index is 1.59. The van der Waals surface area contributed by atoms with Gasteiger partial charge in [0.05, 0.1) is 11.5 Å². The van der Waals surface area contributed by atoms with Crippen LogP contribution >= 0.6 is 0 Å². The van der Waals surface area contributed by atoms with Crippen LogP contribution in [0.3, 0.4) is 0 Å². The number of aromatic hydroxyl groups is 1. The summed E-state index contributed by atoms with van der Waals surface area (Å²) in [4.78, 5) is 27.6. The SMILES string of the molecule is O=C(O)C1CCCN(C2CCN(C(=O)c3cccc(F)c3O)CC2)C1. The molecule has 1 aromatic carbocycles. The van der Waals surface area contributed by atoms with Crippen LogP contribution in [0.4, 0.5) is 4.39 Å². The van der Waals surface area contributed by atoms with Gasteiger partial charge in [-0.1, -0.05) is 6.07 Å². The minimum absolute atomic E-state index is 0.0117. The first-order chi connectivity index (χ1) is 12.0. The van der Waals surface area contributed by atoms with Gasteiger partial charge in [0.1, 0.15) is 0 Å². The summed E-state index contributed by atoms with van der Waals surface area (Å²) in [6, 6.07) is 4.23. The Bertz CT molecular complexity index is 658. The van der Waals surface area contributed by atoms with E-state index in [-0.39, 0.29) is 23.4 Å². The molecule has 0 radical (unpaired) electrons. The van der Waals surface area contributed by atoms with Gasteiger partial charge in [-0.05, 0) is 44.4 Å². The van der Waals surface area contributed by atoms with E-state index in [2.05, 4.69) is 4.90 Å². The molecular weight excluding hydrogens is 327 g/mol. The van der Waals surface area contributed by atoms with Crippen molar-refractivity contribution in [2.24, 2.45) is 5.92 Å². The van der Waals surface area contributed by atoms with Crippen molar-refractivity contribution in [2.75, 3.05) is 26.2 Å². The number of nitrogens with zero attached hydrogens (tertiary/aromatic N) is 2. The maximum absolute atomic E-state index is 13.4. The molecule has 0 aromatic heterocycles. The summed E-state index contributed by atoms with van der Waals surface area (Å²) in [6.07, 6.45) is 3.12. The predicted molar refractivity (Wildman–Crippen MR) is 88.9 cm³/mol. The van der Waals surface area contributed by atoms with Gasteiger partial charge in [0, 0.05) is 25.7 Å². The Kier molecular flexibility index (Phi) is 5.22. The molecule has 2 fully saturated rings. The highest BCUT2D eigenvalue weighted by Crippen LogP contribution is 2.27. The number of hydrogen-bond donors (Lipinski definition) is 2. The summed E-state index contributed by atoms with van der Waals surface area (Å²) in [5, 5.41) is 19.0. The van der Waals surface area contributed by atoms with E-state index in [4.69, 9.17) is 0 Å². The van der Waals surface area contributed by atoms with Crippen LogP contribution in [-0.4, -0.2) is 64.1 Å². The van der Waals surface area contributed by atoms with Crippen molar-refractivity contribution >= 4 is 11.9 Å². The highest BCUT2D eigenvalue weighted by Gasteiger charge is 2.33. The second-order valence-corrected chi connectivity index (χ2v) is 6.83. The fourth-order valence-corrected chi connectivity index (χ4v) is 3.83. The molecule has 25 heavy (non-hydrogen) atoms. The summed E-state index contributed by atoms with van der Waals surface area (Å²) < 4.78 is 13.4. The lowest BCUT2D eigenvalue weighted by molar-refractivity contribution is -0.144. The number of benzene rings is 1. The fraction of sp³-hybridized carbons (Fsp3) is 0.556. The molecule has 2 heterocycles. The molecule has 0 saturated carbocycles. The first kappa shape index (κ1) is 17.7. The standard InChI is InChI=1S/C18H23FN2O4/c19-15-5-1-4-14(16(15)22)17(23)20-9-6-13(7-10-20)21-8-2-3-12(11-21)18(24)25/h1,4-5,12-13,22H,2-3,6-11H2,(H,24,25). The van der Waals surface area contributed by atoms with Gasteiger partial charge in [-0.2, -0.15) is 0 Å². The van der Waals surface area contributed by atoms with E-state index < -0.39 is 17.5 Å². The lowest BCUT2D eigenvalue weighted by Crippen LogP contribution is -2.50. The largest absolute Gasteiger partial charge is 0.504 e. The number of carboxylic acids is 1. The molecule has 7 heteroatoms. The van der Waals surface area contributed by atoms with Crippen LogP contribution in [0.2, 0.25) is 0 Å². The van der Waals surface area contributed by atoms with Gasteiger partial charge >= 0.3 is 5.97 Å². The van der Waals surface area contributed by atoms with Crippen molar-refractivity contribution in [3.8, 4) is 5.75 Å². The molecule has 0 bridgehead atoms. The Morgan fingerprint density at radius 2 is 1.84 bits per heavy atom. The van der Waals surface area contributed by atoms with Gasteiger partial charge in [0.2, 0.25) is 0 Å². The Labute approximate surface area is 145 Å². The fourth-order valence-electron chi connectivity index (χ4n) is 3.83. The number of hydrogen-bond acceptors (Lipinski definition) is 4. The molecule has 2 aliphatic heterocycles. The van der Waals surface area contributed by atoms with Crippen LogP contribution in [0.15, 0.2) is 18.2 Å². The number of aliphatic carboxylic acids is 1. The highest BCUT2D eigenvalue weighted by atomic mass is 19.1. The summed E-state index contributed by atoms with van der Waals surface area (Å²) in [5.41, 5.74) is -0.0117. The van der Waals surface area contributed by atoms with Gasteiger partial charge in [-0.25, -0.2) is 4.39 Å². The number of phenols is 1. The van der Waals surface area contributed by atoms with Crippen LogP contribution in [0.1, 0.15) is 36.0 Å². The summed E-state index contributed by atoms with van der Waals surface area (Å²) in [5.74, 6) is -2.81. The number of phenolic OH excluding ortho intramolecular Hbond substituents is 1. The van der Waals surface area contributed by atoms with E-state index in [1.807, 2.05) is 0 Å². The first-order valence-electron chi connectivity index (χ1n) is 8.71. The number of carbonyl (C=O) groups is 2. The zero-order chi connectivity index (χ0) is 18.0. The van der Waals surface area contributed by atoms with Crippen molar-refractivity contribution in [2.45, 2.75) is 31.7 Å². The maximum atomic E-state index is 13.4. The van der Waals surface area contributed by atoms with Gasteiger partial charge in [0.25, 0.3) is 5.91 Å². The second-order valence-electron chi connectivity index (χ2n) is 6.83. The molecule has 0 spiro atoms. The zero-order valence-corrected chi connectivity index (χ0v) is 14.0. The van der Waals surface area contributed by atoms with Gasteiger partial charge in [0.15, 0.2) is 11.6 Å². The smallest absolute Gasteiger partial charge is 0.307 e. The number of rotatable bonds is 3. The van der Waals surface area contributed by atoms with E-state index in [0.717, 1.165) is 38.3 Å². The number of piperidine rings is 2. The number of likely N-dealkylation sites (tertiary alicyclic amines) is 2. The second kappa shape index (κ2) is 7.39.